The predicted molar refractivity (Wildman–Crippen MR) is 69.5 cm³/mol. The van der Waals surface area contributed by atoms with E-state index in [1.54, 1.807) is 0 Å². The Labute approximate surface area is 102 Å². The van der Waals surface area contributed by atoms with Crippen LogP contribution in [0.1, 0.15) is 44.2 Å². The summed E-state index contributed by atoms with van der Waals surface area (Å²) >= 11 is 1.88. The van der Waals surface area contributed by atoms with Crippen LogP contribution in [0.5, 0.6) is 0 Å². The molecular formula is C13H20N2S. The van der Waals surface area contributed by atoms with Gasteiger partial charge in [0.25, 0.3) is 0 Å². The summed E-state index contributed by atoms with van der Waals surface area (Å²) in [5.74, 6) is 2.10. The fourth-order valence-electron chi connectivity index (χ4n) is 2.24. The fourth-order valence-corrected chi connectivity index (χ4v) is 3.53. The minimum absolute atomic E-state index is 0.0831. The van der Waals surface area contributed by atoms with Crippen LogP contribution in [0.25, 0.3) is 0 Å². The smallest absolute Gasteiger partial charge is 0.101 e. The normalized spacial score (nSPS) is 18.9. The molecule has 0 saturated heterocycles. The summed E-state index contributed by atoms with van der Waals surface area (Å²) in [7, 11) is 0. The second-order valence-electron chi connectivity index (χ2n) is 4.65. The summed E-state index contributed by atoms with van der Waals surface area (Å²) in [6.07, 6.45) is 7.48. The summed E-state index contributed by atoms with van der Waals surface area (Å²) in [6, 6.07) is 4.15. The van der Waals surface area contributed by atoms with Gasteiger partial charge in [-0.15, -0.1) is 11.8 Å². The number of nitrogens with two attached hydrogens (primary N) is 1. The van der Waals surface area contributed by atoms with Gasteiger partial charge in [-0.3, -0.25) is 0 Å². The van der Waals surface area contributed by atoms with E-state index in [0.717, 1.165) is 10.9 Å². The van der Waals surface area contributed by atoms with E-state index in [-0.39, 0.29) is 6.04 Å². The van der Waals surface area contributed by atoms with Crippen molar-refractivity contribution in [2.24, 2.45) is 11.7 Å². The second kappa shape index (κ2) is 5.69. The molecule has 1 aromatic heterocycles. The average molecular weight is 236 g/mol. The molecule has 3 heteroatoms. The van der Waals surface area contributed by atoms with Gasteiger partial charge in [-0.05, 0) is 31.7 Å². The lowest BCUT2D eigenvalue weighted by molar-refractivity contribution is 0.622. The molecule has 1 atom stereocenters. The first-order valence-electron chi connectivity index (χ1n) is 6.10. The number of nitrogens with zero attached hydrogens (tertiary/aromatic N) is 1. The van der Waals surface area contributed by atoms with Crippen molar-refractivity contribution in [3.63, 3.8) is 0 Å². The molecular weight excluding hydrogens is 216 g/mol. The molecule has 2 N–H and O–H groups in total. The topological polar surface area (TPSA) is 38.9 Å². The van der Waals surface area contributed by atoms with Crippen molar-refractivity contribution in [2.45, 2.75) is 43.7 Å². The van der Waals surface area contributed by atoms with E-state index in [2.05, 4.69) is 11.1 Å². The van der Waals surface area contributed by atoms with Crippen LogP contribution < -0.4 is 5.73 Å². The molecule has 0 bridgehead atoms. The quantitative estimate of drug-likeness (QED) is 0.814. The molecule has 0 unspecified atom stereocenters. The number of pyridine rings is 1. The standard InChI is InChI=1S/C13H20N2S/c1-10(14)12-7-4-8-15-13(12)16-9-11-5-2-3-6-11/h4,7-8,10-11H,2-3,5-6,9,14H2,1H3/t10-/m1/s1. The highest BCUT2D eigenvalue weighted by Crippen LogP contribution is 2.32. The zero-order chi connectivity index (χ0) is 11.4. The van der Waals surface area contributed by atoms with Gasteiger partial charge >= 0.3 is 0 Å². The Morgan fingerprint density at radius 3 is 2.94 bits per heavy atom. The Balaban J connectivity index is 1.97. The van der Waals surface area contributed by atoms with E-state index in [9.17, 15) is 0 Å². The molecule has 88 valence electrons. The highest BCUT2D eigenvalue weighted by atomic mass is 32.2. The first-order chi connectivity index (χ1) is 7.77. The van der Waals surface area contributed by atoms with Gasteiger partial charge < -0.3 is 5.73 Å². The van der Waals surface area contributed by atoms with Crippen LogP contribution in [0, 0.1) is 5.92 Å². The zero-order valence-corrected chi connectivity index (χ0v) is 10.7. The monoisotopic (exact) mass is 236 g/mol. The van der Waals surface area contributed by atoms with Crippen LogP contribution in [0.4, 0.5) is 0 Å². The van der Waals surface area contributed by atoms with E-state index >= 15 is 0 Å². The molecule has 1 saturated carbocycles. The van der Waals surface area contributed by atoms with Crippen LogP contribution in [-0.4, -0.2) is 10.7 Å². The molecule has 0 spiro atoms. The molecule has 0 aromatic carbocycles. The van der Waals surface area contributed by atoms with Crippen LogP contribution in [0.15, 0.2) is 23.4 Å². The Morgan fingerprint density at radius 1 is 1.50 bits per heavy atom. The second-order valence-corrected chi connectivity index (χ2v) is 5.66. The van der Waals surface area contributed by atoms with Crippen molar-refractivity contribution in [1.82, 2.24) is 4.98 Å². The first-order valence-corrected chi connectivity index (χ1v) is 7.09. The van der Waals surface area contributed by atoms with Crippen LogP contribution in [-0.2, 0) is 0 Å². The maximum absolute atomic E-state index is 5.94. The number of hydrogen-bond donors (Lipinski definition) is 1. The predicted octanol–water partition coefficient (Wildman–Crippen LogP) is 3.38. The lowest BCUT2D eigenvalue weighted by Crippen LogP contribution is -2.08. The average Bonchev–Trinajstić information content (AvgIpc) is 2.79. The van der Waals surface area contributed by atoms with E-state index < -0.39 is 0 Å². The van der Waals surface area contributed by atoms with Crippen LogP contribution >= 0.6 is 11.8 Å². The van der Waals surface area contributed by atoms with Crippen molar-refractivity contribution in [3.05, 3.63) is 23.9 Å². The molecule has 2 rings (SSSR count). The van der Waals surface area contributed by atoms with Gasteiger partial charge in [-0.25, -0.2) is 4.98 Å². The molecule has 16 heavy (non-hydrogen) atoms. The number of hydrogen-bond acceptors (Lipinski definition) is 3. The number of thioether (sulfide) groups is 1. The summed E-state index contributed by atoms with van der Waals surface area (Å²) in [5.41, 5.74) is 7.13. The third-order valence-electron chi connectivity index (χ3n) is 3.22. The number of aromatic nitrogens is 1. The van der Waals surface area contributed by atoms with Gasteiger partial charge in [0.05, 0.1) is 0 Å². The highest BCUT2D eigenvalue weighted by Gasteiger charge is 2.16. The lowest BCUT2D eigenvalue weighted by atomic mass is 10.1. The molecule has 1 fully saturated rings. The third kappa shape index (κ3) is 2.98. The van der Waals surface area contributed by atoms with Crippen molar-refractivity contribution in [1.29, 1.82) is 0 Å². The SMILES string of the molecule is C[C@@H](N)c1cccnc1SCC1CCCC1. The maximum atomic E-state index is 5.94. The molecule has 1 aromatic rings. The minimum Gasteiger partial charge on any atom is -0.324 e. The van der Waals surface area contributed by atoms with E-state index in [1.807, 2.05) is 30.9 Å². The van der Waals surface area contributed by atoms with Gasteiger partial charge in [-0.2, -0.15) is 0 Å². The fraction of sp³-hybridized carbons (Fsp3) is 0.615. The Morgan fingerprint density at radius 2 is 2.25 bits per heavy atom. The van der Waals surface area contributed by atoms with Crippen molar-refractivity contribution < 1.29 is 0 Å². The Kier molecular flexibility index (Phi) is 4.24. The highest BCUT2D eigenvalue weighted by molar-refractivity contribution is 7.99. The molecule has 2 nitrogen and oxygen atoms in total. The van der Waals surface area contributed by atoms with E-state index in [4.69, 9.17) is 5.73 Å². The third-order valence-corrected chi connectivity index (χ3v) is 4.47. The van der Waals surface area contributed by atoms with Gasteiger partial charge in [0.2, 0.25) is 0 Å². The molecule has 0 radical (unpaired) electrons. The molecule has 1 heterocycles. The first kappa shape index (κ1) is 11.9. The van der Waals surface area contributed by atoms with Gasteiger partial charge in [0, 0.05) is 23.6 Å². The molecule has 1 aliphatic carbocycles. The van der Waals surface area contributed by atoms with Gasteiger partial charge in [-0.1, -0.05) is 18.9 Å². The van der Waals surface area contributed by atoms with Gasteiger partial charge in [0.1, 0.15) is 5.03 Å². The summed E-state index contributed by atoms with van der Waals surface area (Å²) < 4.78 is 0. The summed E-state index contributed by atoms with van der Waals surface area (Å²) in [5, 5.41) is 1.13. The van der Waals surface area contributed by atoms with Crippen LogP contribution in [0.3, 0.4) is 0 Å². The van der Waals surface area contributed by atoms with E-state index in [1.165, 1.54) is 37.0 Å². The summed E-state index contributed by atoms with van der Waals surface area (Å²) in [4.78, 5) is 4.44. The van der Waals surface area contributed by atoms with Gasteiger partial charge in [0.15, 0.2) is 0 Å². The number of rotatable bonds is 4. The van der Waals surface area contributed by atoms with E-state index in [0.29, 0.717) is 0 Å². The maximum Gasteiger partial charge on any atom is 0.101 e. The summed E-state index contributed by atoms with van der Waals surface area (Å²) in [6.45, 7) is 2.02. The van der Waals surface area contributed by atoms with Crippen molar-refractivity contribution >= 4 is 11.8 Å². The van der Waals surface area contributed by atoms with Crippen molar-refractivity contribution in [2.75, 3.05) is 5.75 Å². The lowest BCUT2D eigenvalue weighted by Gasteiger charge is -2.13. The van der Waals surface area contributed by atoms with Crippen LogP contribution in [0.2, 0.25) is 0 Å². The molecule has 0 amide bonds. The Bertz CT molecular complexity index is 332. The minimum atomic E-state index is 0.0831. The molecule has 0 aliphatic heterocycles. The Hall–Kier alpha value is -0.540. The molecule has 1 aliphatic rings. The van der Waals surface area contributed by atoms with Crippen molar-refractivity contribution in [3.8, 4) is 0 Å². The zero-order valence-electron chi connectivity index (χ0n) is 9.86. The largest absolute Gasteiger partial charge is 0.324 e.